The average Bonchev–Trinajstić information content (AvgIpc) is 3.72. The van der Waals surface area contributed by atoms with Crippen LogP contribution in [0.25, 0.3) is 88.3 Å². The molecule has 0 fully saturated rings. The van der Waals surface area contributed by atoms with Crippen LogP contribution < -0.4 is 0 Å². The van der Waals surface area contributed by atoms with Gasteiger partial charge in [-0.1, -0.05) is 218 Å². The highest BCUT2D eigenvalue weighted by molar-refractivity contribution is 6.19. The van der Waals surface area contributed by atoms with Crippen molar-refractivity contribution in [1.82, 2.24) is 0 Å². The van der Waals surface area contributed by atoms with Crippen molar-refractivity contribution in [3.63, 3.8) is 0 Å². The van der Waals surface area contributed by atoms with E-state index in [0.29, 0.717) is 0 Å². The summed E-state index contributed by atoms with van der Waals surface area (Å²) in [6, 6.07) is 85.6. The second-order valence-corrected chi connectivity index (χ2v) is 15.7. The first-order valence-corrected chi connectivity index (χ1v) is 20.7. The predicted molar refractivity (Wildman–Crippen MR) is 252 cm³/mol. The normalized spacial score (nSPS) is 11.5. The number of rotatable bonds is 8. The van der Waals surface area contributed by atoms with E-state index in [0.717, 1.165) is 27.7 Å². The zero-order chi connectivity index (χ0) is 39.8. The van der Waals surface area contributed by atoms with Gasteiger partial charge in [0.2, 0.25) is 0 Å². The summed E-state index contributed by atoms with van der Waals surface area (Å²) < 4.78 is 6.44. The van der Waals surface area contributed by atoms with Gasteiger partial charge in [0.05, 0.1) is 0 Å². The third-order valence-electron chi connectivity index (χ3n) is 12.1. The smallest absolute Gasteiger partial charge is 0.136 e. The fraction of sp³-hybridized carbons (Fsp3) is 0.0169. The Hall–Kier alpha value is -7.74. The van der Waals surface area contributed by atoms with Gasteiger partial charge in [0.15, 0.2) is 0 Å². The Labute approximate surface area is 350 Å². The first kappa shape index (κ1) is 35.4. The lowest BCUT2D eigenvalue weighted by Gasteiger charge is -2.20. The van der Waals surface area contributed by atoms with Crippen LogP contribution in [0.4, 0.5) is 0 Å². The second-order valence-electron chi connectivity index (χ2n) is 15.7. The van der Waals surface area contributed by atoms with E-state index in [4.69, 9.17) is 4.42 Å². The fourth-order valence-corrected chi connectivity index (χ4v) is 8.88. The molecular formula is C59H40O. The predicted octanol–water partition coefficient (Wildman–Crippen LogP) is 16.3. The maximum absolute atomic E-state index is 6.44. The van der Waals surface area contributed by atoms with Crippen molar-refractivity contribution < 1.29 is 4.42 Å². The van der Waals surface area contributed by atoms with Crippen LogP contribution in [0.15, 0.2) is 241 Å². The quantitative estimate of drug-likeness (QED) is 0.140. The number of fused-ring (bicyclic) bond motifs is 5. The van der Waals surface area contributed by atoms with Crippen molar-refractivity contribution in [1.29, 1.82) is 0 Å². The monoisotopic (exact) mass is 764 g/mol. The molecule has 60 heavy (non-hydrogen) atoms. The molecular weight excluding hydrogens is 725 g/mol. The lowest BCUT2D eigenvalue weighted by Crippen LogP contribution is -2.03. The van der Waals surface area contributed by atoms with Crippen LogP contribution in [-0.2, 0) is 0 Å². The number of hydrogen-bond donors (Lipinski definition) is 0. The van der Waals surface area contributed by atoms with Crippen molar-refractivity contribution in [2.45, 2.75) is 5.92 Å². The molecule has 0 spiro atoms. The Bertz CT molecular complexity index is 3110. The molecule has 1 nitrogen and oxygen atoms in total. The Morgan fingerprint density at radius 2 is 0.617 bits per heavy atom. The van der Waals surface area contributed by atoms with Crippen molar-refractivity contribution in [3.05, 3.63) is 253 Å². The summed E-state index contributed by atoms with van der Waals surface area (Å²) >= 11 is 0. The van der Waals surface area contributed by atoms with Crippen LogP contribution in [0.2, 0.25) is 0 Å². The van der Waals surface area contributed by atoms with Gasteiger partial charge in [-0.2, -0.15) is 0 Å². The van der Waals surface area contributed by atoms with Gasteiger partial charge < -0.3 is 4.42 Å². The van der Waals surface area contributed by atoms with Gasteiger partial charge in [-0.05, 0) is 101 Å². The van der Waals surface area contributed by atoms with E-state index in [2.05, 4.69) is 237 Å². The van der Waals surface area contributed by atoms with Crippen LogP contribution in [-0.4, -0.2) is 0 Å². The van der Waals surface area contributed by atoms with Gasteiger partial charge in [0, 0.05) is 16.7 Å². The summed E-state index contributed by atoms with van der Waals surface area (Å²) in [5, 5.41) is 4.77. The second kappa shape index (κ2) is 15.2. The average molecular weight is 765 g/mol. The molecule has 0 aliphatic rings. The molecule has 0 aliphatic heterocycles. The van der Waals surface area contributed by atoms with E-state index in [9.17, 15) is 0 Å². The van der Waals surface area contributed by atoms with Gasteiger partial charge in [-0.3, -0.25) is 0 Å². The van der Waals surface area contributed by atoms with Crippen LogP contribution >= 0.6 is 0 Å². The van der Waals surface area contributed by atoms with E-state index in [-0.39, 0.29) is 5.92 Å². The summed E-state index contributed by atoms with van der Waals surface area (Å²) in [6.45, 7) is 0. The lowest BCUT2D eigenvalue weighted by atomic mass is 9.83. The fourth-order valence-electron chi connectivity index (χ4n) is 8.88. The van der Waals surface area contributed by atoms with Crippen LogP contribution in [0, 0.1) is 0 Å². The maximum Gasteiger partial charge on any atom is 0.136 e. The minimum Gasteiger partial charge on any atom is -0.456 e. The molecule has 282 valence electrons. The highest BCUT2D eigenvalue weighted by Gasteiger charge is 2.19. The van der Waals surface area contributed by atoms with Crippen molar-refractivity contribution in [2.24, 2.45) is 0 Å². The summed E-state index contributed by atoms with van der Waals surface area (Å²) in [6.07, 6.45) is 0. The van der Waals surface area contributed by atoms with Gasteiger partial charge in [-0.15, -0.1) is 0 Å². The largest absolute Gasteiger partial charge is 0.456 e. The van der Waals surface area contributed by atoms with Gasteiger partial charge in [0.25, 0.3) is 0 Å². The minimum atomic E-state index is 0.0502. The molecule has 0 saturated heterocycles. The molecule has 0 radical (unpaired) electrons. The van der Waals surface area contributed by atoms with E-state index in [1.54, 1.807) is 0 Å². The molecule has 0 aliphatic carbocycles. The molecule has 0 atom stereocenters. The SMILES string of the molecule is c1ccc(-c2ccc(-c3ccc(C(c4ccc(-c5ccc(-c6ccccc6)cc5)cc4)c4ccc(-c5ccc6c(c5)oc5ccc7ccccc7c56)cc4)cc3)cc2)cc1. The Kier molecular flexibility index (Phi) is 8.98. The molecule has 11 aromatic rings. The topological polar surface area (TPSA) is 13.1 Å². The molecule has 10 aromatic carbocycles. The summed E-state index contributed by atoms with van der Waals surface area (Å²) in [5.74, 6) is 0.0502. The molecule has 0 N–H and O–H groups in total. The molecule has 1 aromatic heterocycles. The zero-order valence-electron chi connectivity index (χ0n) is 33.0. The summed E-state index contributed by atoms with van der Waals surface area (Å²) in [4.78, 5) is 0. The molecule has 0 unspecified atom stereocenters. The molecule has 1 heteroatoms. The van der Waals surface area contributed by atoms with E-state index < -0.39 is 0 Å². The van der Waals surface area contributed by atoms with Crippen molar-refractivity contribution >= 4 is 32.7 Å². The van der Waals surface area contributed by atoms with Crippen LogP contribution in [0.3, 0.4) is 0 Å². The maximum atomic E-state index is 6.44. The number of hydrogen-bond acceptors (Lipinski definition) is 1. The van der Waals surface area contributed by atoms with Gasteiger partial charge in [0.1, 0.15) is 11.2 Å². The van der Waals surface area contributed by atoms with Crippen molar-refractivity contribution in [2.75, 3.05) is 0 Å². The molecule has 0 bridgehead atoms. The van der Waals surface area contributed by atoms with E-state index in [1.165, 1.54) is 77.4 Å². The first-order valence-electron chi connectivity index (χ1n) is 20.7. The van der Waals surface area contributed by atoms with Crippen LogP contribution in [0.1, 0.15) is 22.6 Å². The third kappa shape index (κ3) is 6.67. The number of benzene rings is 10. The van der Waals surface area contributed by atoms with Crippen molar-refractivity contribution in [3.8, 4) is 55.6 Å². The van der Waals surface area contributed by atoms with Gasteiger partial charge >= 0.3 is 0 Å². The first-order chi connectivity index (χ1) is 29.7. The Morgan fingerprint density at radius 3 is 1.08 bits per heavy atom. The molecule has 0 saturated carbocycles. The van der Waals surface area contributed by atoms with E-state index >= 15 is 0 Å². The van der Waals surface area contributed by atoms with Gasteiger partial charge in [-0.25, -0.2) is 0 Å². The van der Waals surface area contributed by atoms with E-state index in [1.807, 2.05) is 0 Å². The summed E-state index contributed by atoms with van der Waals surface area (Å²) in [5.41, 5.74) is 17.6. The Morgan fingerprint density at radius 1 is 0.250 bits per heavy atom. The highest BCUT2D eigenvalue weighted by Crippen LogP contribution is 2.39. The zero-order valence-corrected chi connectivity index (χ0v) is 33.0. The lowest BCUT2D eigenvalue weighted by molar-refractivity contribution is 0.669. The van der Waals surface area contributed by atoms with Crippen LogP contribution in [0.5, 0.6) is 0 Å². The highest BCUT2D eigenvalue weighted by atomic mass is 16.3. The molecule has 0 amide bonds. The standard InChI is InChI=1S/C59H40O/c1-3-9-40(10-4-1)42-15-19-44(20-16-42)46-23-29-50(30-24-46)58(51-31-25-47(26-32-51)45-21-17-43(18-22-45)41-11-5-2-6-12-41)52-33-27-48(28-34-52)53-35-37-55-57(39-53)60-56-38-36-49-13-7-8-14-54(49)59(55)56/h1-39,58H. The Balaban J connectivity index is 0.924. The number of furan rings is 1. The summed E-state index contributed by atoms with van der Waals surface area (Å²) in [7, 11) is 0. The molecule has 1 heterocycles. The molecule has 11 rings (SSSR count). The minimum absolute atomic E-state index is 0.0502. The third-order valence-corrected chi connectivity index (χ3v) is 12.1.